The van der Waals surface area contributed by atoms with Gasteiger partial charge in [0.15, 0.2) is 0 Å². The van der Waals surface area contributed by atoms with Gasteiger partial charge in [0.2, 0.25) is 0 Å². The monoisotopic (exact) mass is 280 g/mol. The van der Waals surface area contributed by atoms with Crippen LogP contribution in [0.2, 0.25) is 0 Å². The van der Waals surface area contributed by atoms with E-state index in [4.69, 9.17) is 4.74 Å². The SMILES string of the molecule is Cc1nn(C)cc1C1CNCCN1C(=O)OC(C)(C)C. The lowest BCUT2D eigenvalue weighted by Crippen LogP contribution is -2.50. The summed E-state index contributed by atoms with van der Waals surface area (Å²) in [6, 6.07) is -0.0210. The van der Waals surface area contributed by atoms with Gasteiger partial charge >= 0.3 is 6.09 Å². The van der Waals surface area contributed by atoms with Crippen molar-refractivity contribution in [1.82, 2.24) is 20.0 Å². The van der Waals surface area contributed by atoms with Crippen molar-refractivity contribution in [3.63, 3.8) is 0 Å². The molecule has 1 atom stereocenters. The van der Waals surface area contributed by atoms with Crippen molar-refractivity contribution >= 4 is 6.09 Å². The van der Waals surface area contributed by atoms with Crippen LogP contribution in [0.3, 0.4) is 0 Å². The fraction of sp³-hybridized carbons (Fsp3) is 0.714. The molecule has 1 saturated heterocycles. The van der Waals surface area contributed by atoms with E-state index in [1.165, 1.54) is 0 Å². The first-order valence-corrected chi connectivity index (χ1v) is 6.98. The summed E-state index contributed by atoms with van der Waals surface area (Å²) in [5.41, 5.74) is 1.55. The molecule has 0 saturated carbocycles. The van der Waals surface area contributed by atoms with Gasteiger partial charge in [-0.05, 0) is 27.7 Å². The van der Waals surface area contributed by atoms with Crippen molar-refractivity contribution in [2.75, 3.05) is 19.6 Å². The molecular weight excluding hydrogens is 256 g/mol. The Morgan fingerprint density at radius 3 is 2.75 bits per heavy atom. The normalized spacial score (nSPS) is 20.1. The van der Waals surface area contributed by atoms with Gasteiger partial charge in [-0.25, -0.2) is 4.79 Å². The smallest absolute Gasteiger partial charge is 0.410 e. The van der Waals surface area contributed by atoms with Crippen LogP contribution in [-0.4, -0.2) is 46.0 Å². The molecule has 2 rings (SSSR count). The first kappa shape index (κ1) is 14.8. The van der Waals surface area contributed by atoms with Crippen molar-refractivity contribution in [1.29, 1.82) is 0 Å². The van der Waals surface area contributed by atoms with Crippen LogP contribution in [0, 0.1) is 6.92 Å². The van der Waals surface area contributed by atoms with Crippen LogP contribution >= 0.6 is 0 Å². The third-order valence-corrected chi connectivity index (χ3v) is 3.28. The van der Waals surface area contributed by atoms with E-state index < -0.39 is 5.60 Å². The fourth-order valence-electron chi connectivity index (χ4n) is 2.47. The first-order chi connectivity index (χ1) is 9.28. The molecule has 0 aromatic carbocycles. The summed E-state index contributed by atoms with van der Waals surface area (Å²) in [5, 5.41) is 7.70. The molecule has 1 unspecified atom stereocenters. The van der Waals surface area contributed by atoms with Crippen LogP contribution in [0.15, 0.2) is 6.20 Å². The Balaban J connectivity index is 2.21. The second-order valence-corrected chi connectivity index (χ2v) is 6.24. The lowest BCUT2D eigenvalue weighted by atomic mass is 10.1. The van der Waals surface area contributed by atoms with E-state index >= 15 is 0 Å². The summed E-state index contributed by atoms with van der Waals surface area (Å²) in [4.78, 5) is 14.2. The quantitative estimate of drug-likeness (QED) is 0.849. The standard InChI is InChI=1S/C14H24N4O2/c1-10-11(9-17(5)16-10)12-8-15-6-7-18(12)13(19)20-14(2,3)4/h9,12,15H,6-8H2,1-5H3. The zero-order chi connectivity index (χ0) is 14.9. The Morgan fingerprint density at radius 1 is 1.50 bits per heavy atom. The molecule has 1 aliphatic heterocycles. The van der Waals surface area contributed by atoms with Crippen LogP contribution in [0.4, 0.5) is 4.79 Å². The minimum Gasteiger partial charge on any atom is -0.444 e. The molecule has 6 nitrogen and oxygen atoms in total. The second-order valence-electron chi connectivity index (χ2n) is 6.24. The molecule has 20 heavy (non-hydrogen) atoms. The van der Waals surface area contributed by atoms with Gasteiger partial charge in [-0.2, -0.15) is 5.10 Å². The number of hydrogen-bond donors (Lipinski definition) is 1. The molecule has 1 aromatic rings. The van der Waals surface area contributed by atoms with E-state index in [2.05, 4.69) is 10.4 Å². The number of nitrogens with zero attached hydrogens (tertiary/aromatic N) is 3. The average molecular weight is 280 g/mol. The van der Waals surface area contributed by atoms with Gasteiger partial charge in [0.25, 0.3) is 0 Å². The molecular formula is C14H24N4O2. The first-order valence-electron chi connectivity index (χ1n) is 6.98. The Labute approximate surface area is 120 Å². The van der Waals surface area contributed by atoms with Gasteiger partial charge in [0.05, 0.1) is 11.7 Å². The van der Waals surface area contributed by atoms with Crippen molar-refractivity contribution in [3.8, 4) is 0 Å². The van der Waals surface area contributed by atoms with Crippen LogP contribution in [0.1, 0.15) is 38.1 Å². The minimum atomic E-state index is -0.476. The lowest BCUT2D eigenvalue weighted by Gasteiger charge is -2.37. The number of aromatic nitrogens is 2. The van der Waals surface area contributed by atoms with Crippen LogP contribution in [0.5, 0.6) is 0 Å². The number of ether oxygens (including phenoxy) is 1. The molecule has 2 heterocycles. The van der Waals surface area contributed by atoms with Crippen LogP contribution < -0.4 is 5.32 Å². The van der Waals surface area contributed by atoms with Gasteiger partial charge in [-0.15, -0.1) is 0 Å². The molecule has 1 aromatic heterocycles. The average Bonchev–Trinajstić information content (AvgIpc) is 2.66. The maximum atomic E-state index is 12.4. The largest absolute Gasteiger partial charge is 0.444 e. The van der Waals surface area contributed by atoms with E-state index in [9.17, 15) is 4.79 Å². The molecule has 112 valence electrons. The van der Waals surface area contributed by atoms with E-state index in [1.807, 2.05) is 40.9 Å². The summed E-state index contributed by atoms with van der Waals surface area (Å²) in [5.74, 6) is 0. The molecule has 0 bridgehead atoms. The highest BCUT2D eigenvalue weighted by Crippen LogP contribution is 2.26. The van der Waals surface area contributed by atoms with Crippen molar-refractivity contribution in [2.24, 2.45) is 7.05 Å². The summed E-state index contributed by atoms with van der Waals surface area (Å²) >= 11 is 0. The number of nitrogens with one attached hydrogen (secondary N) is 1. The van der Waals surface area contributed by atoms with Gasteiger partial charge in [0, 0.05) is 38.4 Å². The molecule has 1 amide bonds. The molecule has 0 radical (unpaired) electrons. The Kier molecular flexibility index (Phi) is 4.04. The predicted molar refractivity (Wildman–Crippen MR) is 76.5 cm³/mol. The van der Waals surface area contributed by atoms with Gasteiger partial charge in [0.1, 0.15) is 5.60 Å². The van der Waals surface area contributed by atoms with E-state index in [-0.39, 0.29) is 12.1 Å². The Hall–Kier alpha value is -1.56. The van der Waals surface area contributed by atoms with E-state index in [1.54, 1.807) is 9.58 Å². The zero-order valence-electron chi connectivity index (χ0n) is 12.9. The zero-order valence-corrected chi connectivity index (χ0v) is 12.9. The number of amides is 1. The third-order valence-electron chi connectivity index (χ3n) is 3.28. The molecule has 0 aliphatic carbocycles. The molecule has 1 aliphatic rings. The summed E-state index contributed by atoms with van der Waals surface area (Å²) < 4.78 is 7.29. The Bertz CT molecular complexity index is 490. The van der Waals surface area contributed by atoms with Gasteiger partial charge in [-0.3, -0.25) is 9.58 Å². The fourth-order valence-corrected chi connectivity index (χ4v) is 2.47. The minimum absolute atomic E-state index is 0.0210. The highest BCUT2D eigenvalue weighted by Gasteiger charge is 2.32. The summed E-state index contributed by atoms with van der Waals surface area (Å²) in [6.07, 6.45) is 1.72. The van der Waals surface area contributed by atoms with Crippen molar-refractivity contribution in [3.05, 3.63) is 17.5 Å². The number of carbonyl (C=O) groups excluding carboxylic acids is 1. The lowest BCUT2D eigenvalue weighted by molar-refractivity contribution is 0.0117. The molecule has 6 heteroatoms. The highest BCUT2D eigenvalue weighted by atomic mass is 16.6. The summed E-state index contributed by atoms with van der Waals surface area (Å²) in [6.45, 7) is 9.79. The molecule has 1 fully saturated rings. The Morgan fingerprint density at radius 2 is 2.20 bits per heavy atom. The molecule has 1 N–H and O–H groups in total. The maximum absolute atomic E-state index is 12.4. The highest BCUT2D eigenvalue weighted by molar-refractivity contribution is 5.69. The second kappa shape index (κ2) is 5.44. The number of carbonyl (C=O) groups is 1. The van der Waals surface area contributed by atoms with Crippen molar-refractivity contribution < 1.29 is 9.53 Å². The van der Waals surface area contributed by atoms with Crippen molar-refractivity contribution in [2.45, 2.75) is 39.3 Å². The third kappa shape index (κ3) is 3.30. The summed E-state index contributed by atoms with van der Waals surface area (Å²) in [7, 11) is 1.89. The predicted octanol–water partition coefficient (Wildman–Crippen LogP) is 1.61. The van der Waals surface area contributed by atoms with Crippen LogP contribution in [-0.2, 0) is 11.8 Å². The van der Waals surface area contributed by atoms with Gasteiger partial charge in [-0.1, -0.05) is 0 Å². The van der Waals surface area contributed by atoms with E-state index in [0.29, 0.717) is 6.54 Å². The number of aryl methyl sites for hydroxylation is 2. The number of piperazine rings is 1. The van der Waals surface area contributed by atoms with Gasteiger partial charge < -0.3 is 10.1 Å². The number of hydrogen-bond acceptors (Lipinski definition) is 4. The van der Waals surface area contributed by atoms with Crippen LogP contribution in [0.25, 0.3) is 0 Å². The number of rotatable bonds is 1. The van der Waals surface area contributed by atoms with E-state index in [0.717, 1.165) is 24.3 Å². The maximum Gasteiger partial charge on any atom is 0.410 e. The molecule has 0 spiro atoms. The topological polar surface area (TPSA) is 59.4 Å².